The third-order valence-electron chi connectivity index (χ3n) is 4.18. The molecule has 0 aromatic heterocycles. The van der Waals surface area contributed by atoms with Gasteiger partial charge in [0, 0.05) is 12.6 Å². The Labute approximate surface area is 121 Å². The zero-order valence-corrected chi connectivity index (χ0v) is 13.0. The van der Waals surface area contributed by atoms with Crippen LogP contribution in [0.15, 0.2) is 23.1 Å². The lowest BCUT2D eigenvalue weighted by molar-refractivity contribution is 0.332. The Kier molecular flexibility index (Phi) is 4.83. The predicted molar refractivity (Wildman–Crippen MR) is 80.8 cm³/mol. The second-order valence-electron chi connectivity index (χ2n) is 5.87. The molecule has 0 spiro atoms. The van der Waals surface area contributed by atoms with Gasteiger partial charge in [0.2, 0.25) is 10.0 Å². The molecule has 3 N–H and O–H groups in total. The van der Waals surface area contributed by atoms with Crippen molar-refractivity contribution in [3.05, 3.63) is 29.3 Å². The standard InChI is InChI=1S/C15H24N2O2S/c1-11-3-6-14(7-4-11)17-20(18,19)15-8-5-13(10-16)12(2)9-15/h5,8-9,11,14,17H,3-4,6-7,10,16H2,1-2H3. The molecule has 0 atom stereocenters. The van der Waals surface area contributed by atoms with Crippen LogP contribution < -0.4 is 10.5 Å². The summed E-state index contributed by atoms with van der Waals surface area (Å²) in [5.74, 6) is 0.710. The van der Waals surface area contributed by atoms with Crippen LogP contribution in [0.2, 0.25) is 0 Å². The maximum Gasteiger partial charge on any atom is 0.240 e. The molecule has 0 aliphatic heterocycles. The van der Waals surface area contributed by atoms with Gasteiger partial charge < -0.3 is 5.73 Å². The molecule has 4 nitrogen and oxygen atoms in total. The molecule has 1 aromatic carbocycles. The van der Waals surface area contributed by atoms with Crippen LogP contribution in [0.4, 0.5) is 0 Å². The Hall–Kier alpha value is -0.910. The Morgan fingerprint density at radius 2 is 1.90 bits per heavy atom. The predicted octanol–water partition coefficient (Wildman–Crippen LogP) is 2.31. The minimum atomic E-state index is -3.42. The highest BCUT2D eigenvalue weighted by molar-refractivity contribution is 7.89. The minimum absolute atomic E-state index is 0.0747. The summed E-state index contributed by atoms with van der Waals surface area (Å²) in [6, 6.07) is 5.22. The van der Waals surface area contributed by atoms with E-state index in [-0.39, 0.29) is 6.04 Å². The fourth-order valence-corrected chi connectivity index (χ4v) is 4.12. The van der Waals surface area contributed by atoms with E-state index in [2.05, 4.69) is 11.6 Å². The Morgan fingerprint density at radius 1 is 1.25 bits per heavy atom. The van der Waals surface area contributed by atoms with Crippen molar-refractivity contribution in [2.45, 2.75) is 57.0 Å². The fraction of sp³-hybridized carbons (Fsp3) is 0.600. The number of hydrogen-bond acceptors (Lipinski definition) is 3. The van der Waals surface area contributed by atoms with Gasteiger partial charge in [0.15, 0.2) is 0 Å². The number of hydrogen-bond donors (Lipinski definition) is 2. The van der Waals surface area contributed by atoms with Crippen LogP contribution >= 0.6 is 0 Å². The van der Waals surface area contributed by atoms with Crippen LogP contribution in [0, 0.1) is 12.8 Å². The molecule has 1 aliphatic rings. The first-order chi connectivity index (χ1) is 9.42. The van der Waals surface area contributed by atoms with Crippen molar-refractivity contribution in [1.29, 1.82) is 0 Å². The van der Waals surface area contributed by atoms with Gasteiger partial charge in [-0.3, -0.25) is 0 Å². The zero-order valence-electron chi connectivity index (χ0n) is 12.2. The van der Waals surface area contributed by atoms with E-state index in [9.17, 15) is 8.42 Å². The third kappa shape index (κ3) is 3.59. The van der Waals surface area contributed by atoms with Gasteiger partial charge in [-0.2, -0.15) is 0 Å². The minimum Gasteiger partial charge on any atom is -0.326 e. The van der Waals surface area contributed by atoms with Gasteiger partial charge in [0.1, 0.15) is 0 Å². The number of nitrogens with one attached hydrogen (secondary N) is 1. The second-order valence-corrected chi connectivity index (χ2v) is 7.58. The number of aryl methyl sites for hydroxylation is 1. The summed E-state index contributed by atoms with van der Waals surface area (Å²) < 4.78 is 27.6. The van der Waals surface area contributed by atoms with Gasteiger partial charge >= 0.3 is 0 Å². The van der Waals surface area contributed by atoms with Crippen LogP contribution in [0.3, 0.4) is 0 Å². The molecule has 1 aliphatic carbocycles. The van der Waals surface area contributed by atoms with E-state index in [0.29, 0.717) is 17.4 Å². The average molecular weight is 296 g/mol. The molecule has 5 heteroatoms. The number of rotatable bonds is 4. The van der Waals surface area contributed by atoms with Crippen molar-refractivity contribution < 1.29 is 8.42 Å². The van der Waals surface area contributed by atoms with E-state index in [1.807, 2.05) is 6.92 Å². The first kappa shape index (κ1) is 15.5. The Balaban J connectivity index is 2.12. The van der Waals surface area contributed by atoms with E-state index in [0.717, 1.165) is 36.8 Å². The molecule has 1 saturated carbocycles. The fourth-order valence-electron chi connectivity index (χ4n) is 2.73. The van der Waals surface area contributed by atoms with Crippen molar-refractivity contribution >= 4 is 10.0 Å². The molecule has 20 heavy (non-hydrogen) atoms. The SMILES string of the molecule is Cc1cc(S(=O)(=O)NC2CCC(C)CC2)ccc1CN. The first-order valence-corrected chi connectivity index (χ1v) is 8.72. The van der Waals surface area contributed by atoms with Crippen LogP contribution in [-0.2, 0) is 16.6 Å². The molecule has 0 saturated heterocycles. The van der Waals surface area contributed by atoms with Gasteiger partial charge in [-0.25, -0.2) is 13.1 Å². The highest BCUT2D eigenvalue weighted by atomic mass is 32.2. The molecule has 1 fully saturated rings. The summed E-state index contributed by atoms with van der Waals surface area (Å²) >= 11 is 0. The third-order valence-corrected chi connectivity index (χ3v) is 5.70. The highest BCUT2D eigenvalue weighted by Crippen LogP contribution is 2.25. The lowest BCUT2D eigenvalue weighted by Crippen LogP contribution is -2.37. The molecular weight excluding hydrogens is 272 g/mol. The maximum absolute atomic E-state index is 12.4. The number of nitrogens with two attached hydrogens (primary N) is 1. The number of sulfonamides is 1. The molecule has 0 radical (unpaired) electrons. The monoisotopic (exact) mass is 296 g/mol. The van der Waals surface area contributed by atoms with Gasteiger partial charge in [0.25, 0.3) is 0 Å². The average Bonchev–Trinajstić information content (AvgIpc) is 2.41. The summed E-state index contributed by atoms with van der Waals surface area (Å²) in [5.41, 5.74) is 7.51. The zero-order chi connectivity index (χ0) is 14.8. The lowest BCUT2D eigenvalue weighted by atomic mass is 9.88. The highest BCUT2D eigenvalue weighted by Gasteiger charge is 2.24. The van der Waals surface area contributed by atoms with Crippen molar-refractivity contribution in [1.82, 2.24) is 4.72 Å². The Bertz CT molecular complexity index is 561. The molecule has 112 valence electrons. The molecule has 0 amide bonds. The van der Waals surface area contributed by atoms with Crippen LogP contribution in [0.1, 0.15) is 43.7 Å². The topological polar surface area (TPSA) is 72.2 Å². The van der Waals surface area contributed by atoms with Gasteiger partial charge in [-0.1, -0.05) is 13.0 Å². The largest absolute Gasteiger partial charge is 0.326 e. The summed E-state index contributed by atoms with van der Waals surface area (Å²) in [6.07, 6.45) is 4.05. The van der Waals surface area contributed by atoms with Crippen LogP contribution in [-0.4, -0.2) is 14.5 Å². The summed E-state index contributed by atoms with van der Waals surface area (Å²) in [6.45, 7) is 4.54. The van der Waals surface area contributed by atoms with Crippen molar-refractivity contribution in [2.24, 2.45) is 11.7 Å². The van der Waals surface area contributed by atoms with Crippen LogP contribution in [0.5, 0.6) is 0 Å². The molecule has 1 aromatic rings. The normalized spacial score (nSPS) is 23.8. The van der Waals surface area contributed by atoms with E-state index in [1.54, 1.807) is 18.2 Å². The summed E-state index contributed by atoms with van der Waals surface area (Å²) in [4.78, 5) is 0.339. The van der Waals surface area contributed by atoms with Crippen LogP contribution in [0.25, 0.3) is 0 Å². The molecule has 0 heterocycles. The van der Waals surface area contributed by atoms with Gasteiger partial charge in [-0.15, -0.1) is 0 Å². The quantitative estimate of drug-likeness (QED) is 0.895. The molecular formula is C15H24N2O2S. The lowest BCUT2D eigenvalue weighted by Gasteiger charge is -2.26. The van der Waals surface area contributed by atoms with Crippen molar-refractivity contribution in [3.8, 4) is 0 Å². The molecule has 2 rings (SSSR count). The van der Waals surface area contributed by atoms with Gasteiger partial charge in [-0.05, 0) is 61.8 Å². The van der Waals surface area contributed by atoms with Crippen molar-refractivity contribution in [2.75, 3.05) is 0 Å². The van der Waals surface area contributed by atoms with E-state index in [4.69, 9.17) is 5.73 Å². The Morgan fingerprint density at radius 3 is 2.45 bits per heavy atom. The van der Waals surface area contributed by atoms with E-state index in [1.165, 1.54) is 0 Å². The summed E-state index contributed by atoms with van der Waals surface area (Å²) in [5, 5.41) is 0. The molecule has 0 bridgehead atoms. The first-order valence-electron chi connectivity index (χ1n) is 7.24. The van der Waals surface area contributed by atoms with E-state index >= 15 is 0 Å². The van der Waals surface area contributed by atoms with Crippen molar-refractivity contribution in [3.63, 3.8) is 0 Å². The molecule has 0 unspecified atom stereocenters. The smallest absolute Gasteiger partial charge is 0.240 e. The summed E-state index contributed by atoms with van der Waals surface area (Å²) in [7, 11) is -3.42. The van der Waals surface area contributed by atoms with E-state index < -0.39 is 10.0 Å². The maximum atomic E-state index is 12.4. The van der Waals surface area contributed by atoms with Gasteiger partial charge in [0.05, 0.1) is 4.90 Å². The number of benzene rings is 1. The second kappa shape index (κ2) is 6.24.